The second-order valence-electron chi connectivity index (χ2n) is 7.35. The fraction of sp³-hybridized carbons (Fsp3) is 0.524. The summed E-state index contributed by atoms with van der Waals surface area (Å²) in [7, 11) is 3.96. The maximum atomic E-state index is 4.59. The van der Waals surface area contributed by atoms with Crippen LogP contribution in [0.3, 0.4) is 0 Å². The second kappa shape index (κ2) is 11.7. The molecule has 0 radical (unpaired) electrons. The monoisotopic (exact) mass is 513 g/mol. The molecule has 5 nitrogen and oxygen atoms in total. The van der Waals surface area contributed by atoms with Crippen LogP contribution in [0.4, 0.5) is 0 Å². The van der Waals surface area contributed by atoms with Crippen molar-refractivity contribution in [2.75, 3.05) is 33.7 Å². The number of aryl methyl sites for hydroxylation is 1. The number of aliphatic imine (C=N–C) groups is 1. The molecule has 3 rings (SSSR count). The second-order valence-corrected chi connectivity index (χ2v) is 8.41. The van der Waals surface area contributed by atoms with Crippen LogP contribution in [0.2, 0.25) is 0 Å². The first-order valence-corrected chi connectivity index (χ1v) is 10.6. The van der Waals surface area contributed by atoms with E-state index in [0.717, 1.165) is 43.7 Å². The molecule has 0 spiro atoms. The third-order valence-corrected chi connectivity index (χ3v) is 5.97. The molecule has 0 aliphatic carbocycles. The number of likely N-dealkylation sites (tertiary alicyclic amines) is 1. The lowest BCUT2D eigenvalue weighted by atomic mass is 9.97. The summed E-state index contributed by atoms with van der Waals surface area (Å²) in [5.41, 5.74) is 2.52. The van der Waals surface area contributed by atoms with E-state index in [2.05, 4.69) is 74.8 Å². The van der Waals surface area contributed by atoms with Crippen LogP contribution in [-0.2, 0) is 13.1 Å². The van der Waals surface area contributed by atoms with Gasteiger partial charge in [0.15, 0.2) is 5.96 Å². The molecule has 1 aromatic carbocycles. The number of nitrogens with zero attached hydrogens (tertiary/aromatic N) is 4. The first-order valence-electron chi connectivity index (χ1n) is 9.73. The molecule has 1 aromatic heterocycles. The molecule has 0 saturated carbocycles. The lowest BCUT2D eigenvalue weighted by Gasteiger charge is -2.32. The standard InChI is InChI=1S/C21H31N5S.HI/c1-17-24-20(16-27-17)15-26-11-9-18(10-12-26)13-23-21(22-2)25(3)14-19-7-5-4-6-8-19;/h4-8,16,18H,9-15H2,1-3H3,(H,22,23);1H. The highest BCUT2D eigenvalue weighted by molar-refractivity contribution is 14.0. The summed E-state index contributed by atoms with van der Waals surface area (Å²) in [6, 6.07) is 10.5. The number of halogens is 1. The zero-order chi connectivity index (χ0) is 19.1. The number of aromatic nitrogens is 1. The van der Waals surface area contributed by atoms with Crippen molar-refractivity contribution in [2.24, 2.45) is 10.9 Å². The smallest absolute Gasteiger partial charge is 0.193 e. The van der Waals surface area contributed by atoms with E-state index < -0.39 is 0 Å². The third kappa shape index (κ3) is 7.00. The predicted octanol–water partition coefficient (Wildman–Crippen LogP) is 3.99. The van der Waals surface area contributed by atoms with Gasteiger partial charge in [0.05, 0.1) is 10.7 Å². The Morgan fingerprint density at radius 3 is 2.61 bits per heavy atom. The van der Waals surface area contributed by atoms with Crippen molar-refractivity contribution >= 4 is 41.3 Å². The van der Waals surface area contributed by atoms with Gasteiger partial charge in [0.1, 0.15) is 0 Å². The highest BCUT2D eigenvalue weighted by Crippen LogP contribution is 2.19. The number of thiazole rings is 1. The summed E-state index contributed by atoms with van der Waals surface area (Å²) in [5.74, 6) is 1.68. The number of piperidine rings is 1. The third-order valence-electron chi connectivity index (χ3n) is 5.14. The van der Waals surface area contributed by atoms with Gasteiger partial charge in [-0.15, -0.1) is 35.3 Å². The fourth-order valence-corrected chi connectivity index (χ4v) is 4.21. The first kappa shape index (κ1) is 23.1. The molecule has 0 unspecified atom stereocenters. The van der Waals surface area contributed by atoms with Gasteiger partial charge in [-0.25, -0.2) is 4.98 Å². The normalized spacial score (nSPS) is 15.9. The Balaban J connectivity index is 0.00000280. The van der Waals surface area contributed by atoms with Crippen LogP contribution >= 0.6 is 35.3 Å². The molecule has 1 N–H and O–H groups in total. The van der Waals surface area contributed by atoms with Gasteiger partial charge in [0.2, 0.25) is 0 Å². The molecule has 7 heteroatoms. The zero-order valence-electron chi connectivity index (χ0n) is 17.1. The van der Waals surface area contributed by atoms with Crippen LogP contribution < -0.4 is 5.32 Å². The van der Waals surface area contributed by atoms with Crippen LogP contribution in [-0.4, -0.2) is 54.5 Å². The quantitative estimate of drug-likeness (QED) is 0.361. The van der Waals surface area contributed by atoms with Gasteiger partial charge in [0.25, 0.3) is 0 Å². The molecule has 2 aromatic rings. The van der Waals surface area contributed by atoms with E-state index in [1.165, 1.54) is 24.1 Å². The highest BCUT2D eigenvalue weighted by atomic mass is 127. The Morgan fingerprint density at radius 1 is 1.29 bits per heavy atom. The van der Waals surface area contributed by atoms with Gasteiger partial charge in [-0.05, 0) is 44.3 Å². The Hall–Kier alpha value is -1.19. The van der Waals surface area contributed by atoms with E-state index in [-0.39, 0.29) is 24.0 Å². The lowest BCUT2D eigenvalue weighted by molar-refractivity contribution is 0.176. The molecule has 0 bridgehead atoms. The largest absolute Gasteiger partial charge is 0.356 e. The maximum absolute atomic E-state index is 4.59. The number of nitrogens with one attached hydrogen (secondary N) is 1. The highest BCUT2D eigenvalue weighted by Gasteiger charge is 2.20. The van der Waals surface area contributed by atoms with Crippen LogP contribution in [0.1, 0.15) is 29.1 Å². The fourth-order valence-electron chi connectivity index (χ4n) is 3.61. The van der Waals surface area contributed by atoms with Crippen molar-refractivity contribution in [3.8, 4) is 0 Å². The van der Waals surface area contributed by atoms with Crippen molar-refractivity contribution in [1.82, 2.24) is 20.1 Å². The van der Waals surface area contributed by atoms with Gasteiger partial charge in [-0.2, -0.15) is 0 Å². The number of guanidine groups is 1. The zero-order valence-corrected chi connectivity index (χ0v) is 20.2. The molecule has 154 valence electrons. The van der Waals surface area contributed by atoms with Crippen molar-refractivity contribution < 1.29 is 0 Å². The van der Waals surface area contributed by atoms with Crippen molar-refractivity contribution in [3.63, 3.8) is 0 Å². The van der Waals surface area contributed by atoms with E-state index in [1.807, 2.05) is 7.05 Å². The van der Waals surface area contributed by atoms with E-state index in [4.69, 9.17) is 0 Å². The minimum Gasteiger partial charge on any atom is -0.356 e. The van der Waals surface area contributed by atoms with Crippen LogP contribution in [0.5, 0.6) is 0 Å². The topological polar surface area (TPSA) is 43.8 Å². The number of hydrogen-bond donors (Lipinski definition) is 1. The average molecular weight is 513 g/mol. The predicted molar refractivity (Wildman–Crippen MR) is 130 cm³/mol. The van der Waals surface area contributed by atoms with Crippen molar-refractivity contribution in [2.45, 2.75) is 32.9 Å². The Morgan fingerprint density at radius 2 is 2.00 bits per heavy atom. The van der Waals surface area contributed by atoms with E-state index in [1.54, 1.807) is 11.3 Å². The van der Waals surface area contributed by atoms with Gasteiger partial charge in [-0.3, -0.25) is 9.89 Å². The molecule has 1 saturated heterocycles. The molecule has 1 aliphatic heterocycles. The minimum atomic E-state index is 0. The molecular formula is C21H32IN5S. The molecule has 0 amide bonds. The lowest BCUT2D eigenvalue weighted by Crippen LogP contribution is -2.43. The Kier molecular flexibility index (Phi) is 9.67. The molecular weight excluding hydrogens is 481 g/mol. The van der Waals surface area contributed by atoms with Crippen molar-refractivity contribution in [3.05, 3.63) is 52.0 Å². The molecule has 1 aliphatic rings. The van der Waals surface area contributed by atoms with E-state index in [0.29, 0.717) is 5.92 Å². The number of rotatable bonds is 6. The molecule has 28 heavy (non-hydrogen) atoms. The Bertz CT molecular complexity index is 725. The molecule has 2 heterocycles. The van der Waals surface area contributed by atoms with Gasteiger partial charge in [0, 0.05) is 39.1 Å². The molecule has 1 fully saturated rings. The molecule has 0 atom stereocenters. The summed E-state index contributed by atoms with van der Waals surface area (Å²) in [6.45, 7) is 7.24. The first-order chi connectivity index (χ1) is 13.1. The summed E-state index contributed by atoms with van der Waals surface area (Å²) < 4.78 is 0. The average Bonchev–Trinajstić information content (AvgIpc) is 3.09. The van der Waals surface area contributed by atoms with Crippen LogP contribution in [0.25, 0.3) is 0 Å². The maximum Gasteiger partial charge on any atom is 0.193 e. The number of benzene rings is 1. The summed E-state index contributed by atoms with van der Waals surface area (Å²) in [6.07, 6.45) is 2.46. The van der Waals surface area contributed by atoms with Gasteiger partial charge < -0.3 is 10.2 Å². The SMILES string of the molecule is CN=C(NCC1CCN(Cc2csc(C)n2)CC1)N(C)Cc1ccccc1.I. The Labute approximate surface area is 190 Å². The summed E-state index contributed by atoms with van der Waals surface area (Å²) >= 11 is 1.74. The van der Waals surface area contributed by atoms with E-state index >= 15 is 0 Å². The van der Waals surface area contributed by atoms with Crippen molar-refractivity contribution in [1.29, 1.82) is 0 Å². The van der Waals surface area contributed by atoms with Crippen LogP contribution in [0.15, 0.2) is 40.7 Å². The van der Waals surface area contributed by atoms with E-state index in [9.17, 15) is 0 Å². The van der Waals surface area contributed by atoms with Crippen LogP contribution in [0, 0.1) is 12.8 Å². The minimum absolute atomic E-state index is 0. The summed E-state index contributed by atoms with van der Waals surface area (Å²) in [4.78, 5) is 13.8. The number of hydrogen-bond acceptors (Lipinski definition) is 4. The van der Waals surface area contributed by atoms with Gasteiger partial charge in [-0.1, -0.05) is 30.3 Å². The van der Waals surface area contributed by atoms with Gasteiger partial charge >= 0.3 is 0 Å². The summed E-state index contributed by atoms with van der Waals surface area (Å²) in [5, 5.41) is 6.93.